The molecule has 0 atom stereocenters. The third kappa shape index (κ3) is 1.67. The second-order valence-corrected chi connectivity index (χ2v) is 5.27. The van der Waals surface area contributed by atoms with E-state index in [2.05, 4.69) is 0 Å². The van der Waals surface area contributed by atoms with E-state index < -0.39 is 11.8 Å². The normalized spacial score (nSPS) is 13.7. The van der Waals surface area contributed by atoms with Crippen LogP contribution in [0.3, 0.4) is 0 Å². The minimum atomic E-state index is -0.644. The summed E-state index contributed by atoms with van der Waals surface area (Å²) in [5, 5.41) is 21.5. The second kappa shape index (κ2) is 4.58. The number of benzene rings is 3. The van der Waals surface area contributed by atoms with Crippen LogP contribution in [0, 0.1) is 0 Å². The first-order valence-corrected chi connectivity index (χ1v) is 7.01. The highest BCUT2D eigenvalue weighted by Crippen LogP contribution is 2.44. The van der Waals surface area contributed by atoms with Crippen molar-refractivity contribution in [3.8, 4) is 11.5 Å². The molecule has 0 unspecified atom stereocenters. The van der Waals surface area contributed by atoms with E-state index >= 15 is 0 Å². The molecule has 5 nitrogen and oxygen atoms in total. The summed E-state index contributed by atoms with van der Waals surface area (Å²) in [4.78, 5) is 26.3. The zero-order valence-corrected chi connectivity index (χ0v) is 11.9. The van der Waals surface area contributed by atoms with Gasteiger partial charge in [-0.1, -0.05) is 42.5 Å². The number of amides is 2. The molecule has 4 rings (SSSR count). The number of aromatic hydroxyl groups is 2. The second-order valence-electron chi connectivity index (χ2n) is 5.27. The Morgan fingerprint density at radius 1 is 0.652 bits per heavy atom. The number of phenols is 2. The number of hydrogen-bond acceptors (Lipinski definition) is 4. The van der Waals surface area contributed by atoms with E-state index in [-0.39, 0.29) is 22.6 Å². The zero-order valence-electron chi connectivity index (χ0n) is 11.9. The Labute approximate surface area is 131 Å². The van der Waals surface area contributed by atoms with Crippen molar-refractivity contribution in [3.05, 3.63) is 65.7 Å². The van der Waals surface area contributed by atoms with Crippen LogP contribution in [0.25, 0.3) is 10.8 Å². The highest BCUT2D eigenvalue weighted by molar-refractivity contribution is 6.37. The van der Waals surface area contributed by atoms with E-state index in [9.17, 15) is 19.8 Å². The number of carbonyl (C=O) groups excluding carboxylic acids is 2. The summed E-state index contributed by atoms with van der Waals surface area (Å²) in [6.45, 7) is 0. The minimum Gasteiger partial charge on any atom is -0.506 e. The average Bonchev–Trinajstić information content (AvgIpc) is 2.85. The van der Waals surface area contributed by atoms with E-state index in [1.807, 2.05) is 0 Å². The summed E-state index contributed by atoms with van der Waals surface area (Å²) in [5.74, 6) is -1.86. The van der Waals surface area contributed by atoms with Crippen LogP contribution in [0.2, 0.25) is 0 Å². The fraction of sp³-hybridized carbons (Fsp3) is 0. The Morgan fingerprint density at radius 2 is 1.09 bits per heavy atom. The molecule has 0 saturated carbocycles. The van der Waals surface area contributed by atoms with Gasteiger partial charge in [-0.25, -0.2) is 4.90 Å². The number of hydrogen-bond donors (Lipinski definition) is 2. The van der Waals surface area contributed by atoms with Gasteiger partial charge in [-0.05, 0) is 12.1 Å². The Hall–Kier alpha value is -3.34. The van der Waals surface area contributed by atoms with Gasteiger partial charge in [-0.2, -0.15) is 0 Å². The van der Waals surface area contributed by atoms with Crippen molar-refractivity contribution in [2.24, 2.45) is 0 Å². The molecule has 3 aromatic rings. The Balaban J connectivity index is 2.04. The van der Waals surface area contributed by atoms with Gasteiger partial charge in [0.15, 0.2) is 0 Å². The van der Waals surface area contributed by atoms with Crippen molar-refractivity contribution < 1.29 is 19.8 Å². The molecule has 0 aromatic heterocycles. The number of anilines is 1. The molecule has 1 heterocycles. The molecule has 0 aliphatic carbocycles. The van der Waals surface area contributed by atoms with Gasteiger partial charge in [0.25, 0.3) is 11.8 Å². The van der Waals surface area contributed by atoms with E-state index in [4.69, 9.17) is 0 Å². The predicted molar refractivity (Wildman–Crippen MR) is 84.9 cm³/mol. The summed E-state index contributed by atoms with van der Waals surface area (Å²) >= 11 is 0. The fourth-order valence-corrected chi connectivity index (χ4v) is 2.95. The SMILES string of the molecule is O=C1c2c(c(O)c3ccccc3c2O)C(=O)N1c1ccccc1. The molecule has 0 bridgehead atoms. The molecule has 0 spiro atoms. The van der Waals surface area contributed by atoms with Crippen LogP contribution in [-0.2, 0) is 0 Å². The number of imide groups is 1. The molecule has 1 aliphatic rings. The fourth-order valence-electron chi connectivity index (χ4n) is 2.95. The molecule has 2 amide bonds. The number of para-hydroxylation sites is 1. The van der Waals surface area contributed by atoms with E-state index in [1.54, 1.807) is 54.6 Å². The molecule has 0 saturated heterocycles. The lowest BCUT2D eigenvalue weighted by atomic mass is 9.99. The van der Waals surface area contributed by atoms with Crippen molar-refractivity contribution in [3.63, 3.8) is 0 Å². The van der Waals surface area contributed by atoms with Gasteiger partial charge in [0.1, 0.15) is 11.5 Å². The number of carbonyl (C=O) groups is 2. The van der Waals surface area contributed by atoms with Crippen molar-refractivity contribution in [1.29, 1.82) is 0 Å². The summed E-state index contributed by atoms with van der Waals surface area (Å²) in [7, 11) is 0. The largest absolute Gasteiger partial charge is 0.506 e. The number of phenolic OH excluding ortho intramolecular Hbond substituents is 2. The molecule has 0 radical (unpaired) electrons. The smallest absolute Gasteiger partial charge is 0.270 e. The third-order valence-corrected chi connectivity index (χ3v) is 4.01. The molecular weight excluding hydrogens is 294 g/mol. The van der Waals surface area contributed by atoms with Crippen molar-refractivity contribution >= 4 is 28.3 Å². The number of nitrogens with zero attached hydrogens (tertiary/aromatic N) is 1. The molecule has 5 heteroatoms. The van der Waals surface area contributed by atoms with Gasteiger partial charge in [-0.15, -0.1) is 0 Å². The molecule has 23 heavy (non-hydrogen) atoms. The van der Waals surface area contributed by atoms with Crippen LogP contribution in [0.1, 0.15) is 20.7 Å². The summed E-state index contributed by atoms with van der Waals surface area (Å²) < 4.78 is 0. The van der Waals surface area contributed by atoms with Crippen LogP contribution >= 0.6 is 0 Å². The minimum absolute atomic E-state index is 0.157. The van der Waals surface area contributed by atoms with E-state index in [1.165, 1.54) is 0 Å². The van der Waals surface area contributed by atoms with Gasteiger partial charge in [0.05, 0.1) is 16.8 Å². The third-order valence-electron chi connectivity index (χ3n) is 4.01. The topological polar surface area (TPSA) is 77.8 Å². The van der Waals surface area contributed by atoms with Gasteiger partial charge in [0.2, 0.25) is 0 Å². The lowest BCUT2D eigenvalue weighted by Gasteiger charge is -2.13. The number of rotatable bonds is 1. The van der Waals surface area contributed by atoms with Crippen molar-refractivity contribution in [1.82, 2.24) is 0 Å². The van der Waals surface area contributed by atoms with Gasteiger partial charge in [0, 0.05) is 10.8 Å². The number of fused-ring (bicyclic) bond motifs is 2. The Morgan fingerprint density at radius 3 is 1.57 bits per heavy atom. The van der Waals surface area contributed by atoms with Crippen molar-refractivity contribution in [2.75, 3.05) is 4.90 Å². The first kappa shape index (κ1) is 13.3. The summed E-state index contributed by atoms with van der Waals surface area (Å²) in [5.41, 5.74) is 0.0756. The quantitative estimate of drug-likeness (QED) is 0.535. The average molecular weight is 305 g/mol. The summed E-state index contributed by atoms with van der Waals surface area (Å²) in [6, 6.07) is 15.0. The predicted octanol–water partition coefficient (Wildman–Crippen LogP) is 3.05. The maximum atomic E-state index is 12.7. The Kier molecular flexibility index (Phi) is 2.65. The first-order chi connectivity index (χ1) is 11.1. The van der Waals surface area contributed by atoms with E-state index in [0.717, 1.165) is 4.90 Å². The maximum absolute atomic E-state index is 12.7. The first-order valence-electron chi connectivity index (χ1n) is 7.01. The standard InChI is InChI=1S/C18H11NO4/c20-15-11-8-4-5-9-12(11)16(21)14-13(15)17(22)19(18(14)23)10-6-2-1-3-7-10/h1-9,20-21H. The van der Waals surface area contributed by atoms with Crippen LogP contribution in [-0.4, -0.2) is 22.0 Å². The van der Waals surface area contributed by atoms with Crippen LogP contribution in [0.4, 0.5) is 5.69 Å². The molecule has 3 aromatic carbocycles. The monoisotopic (exact) mass is 305 g/mol. The highest BCUT2D eigenvalue weighted by atomic mass is 16.3. The highest BCUT2D eigenvalue weighted by Gasteiger charge is 2.42. The van der Waals surface area contributed by atoms with Crippen LogP contribution < -0.4 is 4.90 Å². The van der Waals surface area contributed by atoms with E-state index in [0.29, 0.717) is 16.5 Å². The molecule has 112 valence electrons. The molecule has 0 fully saturated rings. The van der Waals surface area contributed by atoms with Gasteiger partial charge < -0.3 is 10.2 Å². The lowest BCUT2D eigenvalue weighted by Crippen LogP contribution is -2.29. The zero-order chi connectivity index (χ0) is 16.1. The van der Waals surface area contributed by atoms with Gasteiger partial charge >= 0.3 is 0 Å². The van der Waals surface area contributed by atoms with Crippen LogP contribution in [0.5, 0.6) is 11.5 Å². The summed E-state index contributed by atoms with van der Waals surface area (Å²) in [6.07, 6.45) is 0. The molecule has 2 N–H and O–H groups in total. The van der Waals surface area contributed by atoms with Gasteiger partial charge in [-0.3, -0.25) is 9.59 Å². The van der Waals surface area contributed by atoms with Crippen molar-refractivity contribution in [2.45, 2.75) is 0 Å². The Bertz CT molecular complexity index is 919. The lowest BCUT2D eigenvalue weighted by molar-refractivity contribution is 0.0925. The molecule has 1 aliphatic heterocycles. The van der Waals surface area contributed by atoms with Crippen LogP contribution in [0.15, 0.2) is 54.6 Å². The maximum Gasteiger partial charge on any atom is 0.270 e. The molecular formula is C18H11NO4.